The summed E-state index contributed by atoms with van der Waals surface area (Å²) in [7, 11) is 0. The summed E-state index contributed by atoms with van der Waals surface area (Å²) < 4.78 is 191. The quantitative estimate of drug-likeness (QED) is 0.0135. The number of alkyl carbamates (subject to hydrolysis) is 4. The van der Waals surface area contributed by atoms with Crippen molar-refractivity contribution in [3.8, 4) is 0 Å². The molecule has 3 radical (unpaired) electrons. The molecular formula is C92H95BF12N16NaO15S4. The van der Waals surface area contributed by atoms with Gasteiger partial charge in [-0.2, -0.15) is 0 Å². The van der Waals surface area contributed by atoms with Gasteiger partial charge >= 0.3 is 53.9 Å². The van der Waals surface area contributed by atoms with Crippen LogP contribution < -0.4 is 61.5 Å². The fourth-order valence-electron chi connectivity index (χ4n) is 15.0. The van der Waals surface area contributed by atoms with E-state index in [1.54, 1.807) is 116 Å². The maximum Gasteiger partial charge on any atom is 1.00 e. The van der Waals surface area contributed by atoms with Crippen LogP contribution in [-0.2, 0) is 42.9 Å². The largest absolute Gasteiger partial charge is 1.00 e. The molecule has 4 aromatic heterocycles. The van der Waals surface area contributed by atoms with Crippen molar-refractivity contribution in [1.29, 1.82) is 0 Å². The van der Waals surface area contributed by atoms with Gasteiger partial charge in [0, 0.05) is 154 Å². The Balaban J connectivity index is 0.000000230. The number of hydrogen-bond acceptors (Lipinski definition) is 30. The van der Waals surface area contributed by atoms with E-state index >= 15 is 0 Å². The summed E-state index contributed by atoms with van der Waals surface area (Å²) in [6.07, 6.45) is 2.97. The van der Waals surface area contributed by atoms with Crippen molar-refractivity contribution in [2.75, 3.05) is 19.8 Å². The van der Waals surface area contributed by atoms with E-state index in [1.165, 1.54) is 80.3 Å². The molecule has 0 bridgehead atoms. The van der Waals surface area contributed by atoms with Crippen LogP contribution in [0.5, 0.6) is 0 Å². The molecule has 2 fully saturated rings. The topological polar surface area (TPSA) is 411 Å². The van der Waals surface area contributed by atoms with Gasteiger partial charge in [-0.1, -0.05) is 24.3 Å². The predicted molar refractivity (Wildman–Crippen MR) is 494 cm³/mol. The summed E-state index contributed by atoms with van der Waals surface area (Å²) in [6, 6.07) is -1.32. The molecule has 5 amide bonds. The second kappa shape index (κ2) is 46.7. The number of aliphatic imine (C=N–C) groups is 4. The number of thiazole rings is 4. The third-order valence-corrected chi connectivity index (χ3v) is 23.5. The van der Waals surface area contributed by atoms with E-state index in [1.807, 2.05) is 0 Å². The number of ether oxygens (including phenoxy) is 4. The van der Waals surface area contributed by atoms with Crippen molar-refractivity contribution < 1.29 is 156 Å². The Morgan fingerprint density at radius 3 is 1.05 bits per heavy atom. The molecule has 6 aliphatic rings. The summed E-state index contributed by atoms with van der Waals surface area (Å²) in [4.78, 5) is 151. The zero-order valence-corrected chi connectivity index (χ0v) is 84.0. The molecule has 0 saturated carbocycles. The minimum Gasteiger partial charge on any atom is -1.00 e. The van der Waals surface area contributed by atoms with E-state index in [0.717, 1.165) is 64.8 Å². The van der Waals surface area contributed by atoms with Gasteiger partial charge in [0.15, 0.2) is 136 Å². The monoisotopic (exact) mass is 2050 g/mol. The Labute approximate surface area is 841 Å². The molecule has 49 heteroatoms. The summed E-state index contributed by atoms with van der Waals surface area (Å²) in [5, 5.41) is 44.4. The van der Waals surface area contributed by atoms with Gasteiger partial charge in [-0.25, -0.2) is 91.8 Å². The summed E-state index contributed by atoms with van der Waals surface area (Å²) in [5.41, 5.74) is -3.26. The molecule has 0 unspecified atom stereocenters. The molecule has 14 rings (SSSR count). The summed E-state index contributed by atoms with van der Waals surface area (Å²) >= 11 is 4.85. The number of Topliss-reactive ketones (excluding diaryl/α,β-unsaturated/α-hetero) is 4. The van der Waals surface area contributed by atoms with Crippen molar-refractivity contribution in [3.63, 3.8) is 0 Å². The van der Waals surface area contributed by atoms with Crippen molar-refractivity contribution in [3.05, 3.63) is 252 Å². The molecule has 141 heavy (non-hydrogen) atoms. The number of aliphatic hydroxyl groups is 2. The number of carbonyl (C=O) groups excluding carboxylic acids is 9. The van der Waals surface area contributed by atoms with Gasteiger partial charge in [-0.05, 0) is 135 Å². The number of benzene rings is 4. The Hall–Kier alpha value is -12.2. The second-order valence-corrected chi connectivity index (χ2v) is 39.1. The molecule has 0 aliphatic carbocycles. The average Bonchev–Trinajstić information content (AvgIpc) is 1.58. The van der Waals surface area contributed by atoms with Crippen LogP contribution in [0.4, 0.5) is 71.9 Å². The molecule has 10 heterocycles. The standard InChI is InChI=1S/C23H21F3N4O4S.2C23H25F3N4O4S.C23H23F3N4O3S.B.Na.H/c1-10(31)15-14-9-13(28-22(33)34-23(2,3)4)21(32)30(14)19(20-27-7-8-35-20)29-18(15)11-5-6-12(24)17(26)16(11)25;2*1-11(32)16-15(9-12(10-31)28-22(33)34-23(2,3)4)29-20(21-27-7-8-35-21)30-19(16)13-5-6-14(24)18(26)17(13)25;1-11(31)16-15-9-12(28-22(32)33-23(2,3)4)10-30(15)20(21-27-7-8-34-21)29-19(16)13-5-6-14(24)18(26)17(13)25;;;/h5-8,13,18H,9H2,1-4H3,(H,28,33);2*5-8,12,19,31H,9-10H2,1-4H3,(H,28,33)(H,29,30);5-8,12,19H,9-10H2,1-4H3,(H,28,32);;;/q;;;;;+1;-1/t13-,18-;3*12-,19-;;;/m0000.../s1. The zero-order chi connectivity index (χ0) is 102. The third kappa shape index (κ3) is 27.4. The number of ketones is 4. The third-order valence-electron chi connectivity index (χ3n) is 20.4. The van der Waals surface area contributed by atoms with Gasteiger partial charge < -0.3 is 67.4 Å². The number of aliphatic hydroxyl groups excluding tert-OH is 2. The summed E-state index contributed by atoms with van der Waals surface area (Å²) in [6.45, 7) is 24.5. The molecule has 2 saturated heterocycles. The number of nitrogens with zero attached hydrogens (tertiary/aromatic N) is 10. The van der Waals surface area contributed by atoms with Crippen molar-refractivity contribution in [1.82, 2.24) is 61.6 Å². The van der Waals surface area contributed by atoms with Crippen LogP contribution in [0.2, 0.25) is 0 Å². The van der Waals surface area contributed by atoms with Crippen LogP contribution in [0.15, 0.2) is 160 Å². The van der Waals surface area contributed by atoms with E-state index in [2.05, 4.69) is 71.8 Å². The second-order valence-electron chi connectivity index (χ2n) is 35.6. The first-order chi connectivity index (χ1) is 65.2. The molecule has 6 aliphatic heterocycles. The van der Waals surface area contributed by atoms with Crippen molar-refractivity contribution in [2.45, 2.75) is 207 Å². The Bertz CT molecular complexity index is 6190. The SMILES string of the molecule is CC(=O)C1=C(C[C@@H](CO)NC(=O)OC(C)(C)C)NC(c2nccs2)=N[C@H]1c1ccc(F)c(F)c1F.CC(=O)C1=C(C[C@@H](CO)NC(=O)OC(C)(C)C)NC(c2nccs2)=N[C@H]1c1ccc(F)c(F)c1F.CC(=O)C1=C2C[C@H](NC(=O)OC(C)(C)C)C(=O)N2C(c2nccs2)=N[C@H]1c1ccc(F)c(F)c1F.CC(=O)C1=C2C[C@H](NC(=O)OC(C)(C)C)CN2C(c2nccs2)=N[C@H]1c1ccc(F)c(F)c1F.[B].[H-].[Na+]. The van der Waals surface area contributed by atoms with E-state index in [9.17, 15) is 106 Å². The first-order valence-corrected chi connectivity index (χ1v) is 45.9. The fraction of sp³-hybridized carbons (Fsp3) is 0.380. The number of amides is 5. The Kier molecular flexibility index (Phi) is 37.2. The van der Waals surface area contributed by atoms with Crippen LogP contribution >= 0.6 is 45.3 Å². The van der Waals surface area contributed by atoms with E-state index < -0.39 is 207 Å². The fourth-order valence-corrected chi connectivity index (χ4v) is 17.4. The molecular weight excluding hydrogens is 1960 g/mol. The maximum atomic E-state index is 14.8. The Morgan fingerprint density at radius 2 is 0.730 bits per heavy atom. The van der Waals surface area contributed by atoms with Crippen LogP contribution in [0, 0.1) is 69.8 Å². The molecule has 745 valence electrons. The van der Waals surface area contributed by atoms with Gasteiger partial charge in [0.2, 0.25) is 0 Å². The number of nitrogens with one attached hydrogen (secondary N) is 6. The first-order valence-electron chi connectivity index (χ1n) is 42.4. The van der Waals surface area contributed by atoms with Gasteiger partial charge in [-0.3, -0.25) is 48.8 Å². The molecule has 31 nitrogen and oxygen atoms in total. The first kappa shape index (κ1) is 112. The molecule has 4 aromatic carbocycles. The van der Waals surface area contributed by atoms with Crippen molar-refractivity contribution >= 4 is 131 Å². The minimum atomic E-state index is -1.70. The van der Waals surface area contributed by atoms with Gasteiger partial charge in [0.1, 0.15) is 52.6 Å². The smallest absolute Gasteiger partial charge is 1.00 e. The van der Waals surface area contributed by atoms with Crippen LogP contribution in [0.3, 0.4) is 0 Å². The molecule has 8 atom stereocenters. The number of hydrogen-bond donors (Lipinski definition) is 8. The average molecular weight is 2050 g/mol. The number of amidine groups is 4. The summed E-state index contributed by atoms with van der Waals surface area (Å²) in [5.74, 6) is -19.9. The molecule has 8 N–H and O–H groups in total. The molecule has 0 spiro atoms. The van der Waals surface area contributed by atoms with Crippen molar-refractivity contribution in [2.24, 2.45) is 20.0 Å². The van der Waals surface area contributed by atoms with Gasteiger partial charge in [-0.15, -0.1) is 45.3 Å². The Morgan fingerprint density at radius 1 is 0.426 bits per heavy atom. The minimum absolute atomic E-state index is 0. The number of carbonyl (C=O) groups is 9. The van der Waals surface area contributed by atoms with Crippen LogP contribution in [-0.4, -0.2) is 191 Å². The number of fused-ring (bicyclic) bond motifs is 2. The number of rotatable bonds is 22. The van der Waals surface area contributed by atoms with Gasteiger partial charge in [0.05, 0.1) is 31.3 Å². The van der Waals surface area contributed by atoms with E-state index in [0.29, 0.717) is 26.6 Å². The van der Waals surface area contributed by atoms with Gasteiger partial charge in [0.25, 0.3) is 5.91 Å². The van der Waals surface area contributed by atoms with E-state index in [-0.39, 0.29) is 156 Å². The normalized spacial score (nSPS) is 18.2. The molecule has 8 aromatic rings. The van der Waals surface area contributed by atoms with E-state index in [4.69, 9.17) is 18.9 Å². The number of halogens is 12. The number of aromatic nitrogens is 4. The zero-order valence-electron chi connectivity index (χ0n) is 79.7. The van der Waals surface area contributed by atoms with Crippen LogP contribution in [0.1, 0.15) is 204 Å². The maximum absolute atomic E-state index is 14.8. The predicted octanol–water partition coefficient (Wildman–Crippen LogP) is 12.8. The van der Waals surface area contributed by atoms with Crippen LogP contribution in [0.25, 0.3) is 0 Å².